The second kappa shape index (κ2) is 7.64. The van der Waals surface area contributed by atoms with E-state index in [9.17, 15) is 22.4 Å². The first-order valence-electron chi connectivity index (χ1n) is 7.90. The quantitative estimate of drug-likeness (QED) is 0.360. The van der Waals surface area contributed by atoms with Gasteiger partial charge in [0, 0.05) is 28.8 Å². The molecule has 0 aromatic heterocycles. The fourth-order valence-electron chi connectivity index (χ4n) is 2.50. The van der Waals surface area contributed by atoms with Crippen LogP contribution in [0.3, 0.4) is 0 Å². The molecule has 0 N–H and O–H groups in total. The molecule has 25 heavy (non-hydrogen) atoms. The van der Waals surface area contributed by atoms with Crippen LogP contribution < -0.4 is 0 Å². The van der Waals surface area contributed by atoms with E-state index in [-0.39, 0.29) is 0 Å². The molecule has 7 heteroatoms. The van der Waals surface area contributed by atoms with Gasteiger partial charge in [-0.15, -0.1) is 0 Å². The molecule has 0 fully saturated rings. The van der Waals surface area contributed by atoms with E-state index in [2.05, 4.69) is 0 Å². The van der Waals surface area contributed by atoms with Crippen LogP contribution in [0.1, 0.15) is 49.5 Å². The molecule has 0 radical (unpaired) electrons. The largest absolute Gasteiger partial charge is 0.417 e. The highest BCUT2D eigenvalue weighted by Gasteiger charge is 2.35. The second-order valence-corrected chi connectivity index (χ2v) is 7.02. The number of benzene rings is 1. The molecule has 1 aromatic carbocycles. The average molecular weight is 373 g/mol. The summed E-state index contributed by atoms with van der Waals surface area (Å²) >= 11 is 1.34. The number of halogens is 4. The number of hydrogen-bond acceptors (Lipinski definition) is 3. The summed E-state index contributed by atoms with van der Waals surface area (Å²) in [5.74, 6) is -1.72. The summed E-state index contributed by atoms with van der Waals surface area (Å²) in [6.45, 7) is 6.52. The minimum absolute atomic E-state index is 0.575. The molecular weight excluding hydrogens is 354 g/mol. The highest BCUT2D eigenvalue weighted by Crippen LogP contribution is 2.41. The Morgan fingerprint density at radius 2 is 1.96 bits per heavy atom. The van der Waals surface area contributed by atoms with Gasteiger partial charge in [0.25, 0.3) is 0 Å². The molecule has 0 saturated heterocycles. The van der Waals surface area contributed by atoms with Gasteiger partial charge in [-0.3, -0.25) is 4.79 Å². The molecule has 1 aromatic rings. The summed E-state index contributed by atoms with van der Waals surface area (Å²) in [6, 6.07) is 1.96. The summed E-state index contributed by atoms with van der Waals surface area (Å²) in [6.07, 6.45) is -1.70. The fourth-order valence-corrected chi connectivity index (χ4v) is 3.58. The molecule has 136 valence electrons. The van der Waals surface area contributed by atoms with Crippen molar-refractivity contribution in [3.05, 3.63) is 56.9 Å². The van der Waals surface area contributed by atoms with Crippen LogP contribution in [-0.2, 0) is 6.18 Å². The Labute approximate surface area is 148 Å². The zero-order valence-electron chi connectivity index (χ0n) is 14.2. The lowest BCUT2D eigenvalue weighted by Crippen LogP contribution is -2.19. The van der Waals surface area contributed by atoms with Crippen LogP contribution in [-0.4, -0.2) is 17.2 Å². The molecule has 0 unspecified atom stereocenters. The first kappa shape index (κ1) is 19.6. The van der Waals surface area contributed by atoms with Gasteiger partial charge >= 0.3 is 6.18 Å². The Morgan fingerprint density at radius 3 is 2.56 bits per heavy atom. The van der Waals surface area contributed by atoms with Gasteiger partial charge in [-0.05, 0) is 38.5 Å². The van der Waals surface area contributed by atoms with Crippen molar-refractivity contribution in [2.75, 3.05) is 6.54 Å². The normalized spacial score (nSPS) is 16.9. The molecule has 1 aliphatic rings. The van der Waals surface area contributed by atoms with E-state index in [1.165, 1.54) is 17.8 Å². The van der Waals surface area contributed by atoms with Crippen LogP contribution in [0, 0.1) is 5.82 Å². The smallest absolute Gasteiger partial charge is 0.339 e. The third-order valence-corrected chi connectivity index (χ3v) is 5.13. The number of alkyl halides is 3. The molecule has 0 saturated carbocycles. The highest BCUT2D eigenvalue weighted by molar-refractivity contribution is 8.06. The molecule has 0 atom stereocenters. The maximum Gasteiger partial charge on any atom is 0.417 e. The average Bonchev–Trinajstić information content (AvgIpc) is 2.78. The van der Waals surface area contributed by atoms with E-state index in [0.29, 0.717) is 29.8 Å². The summed E-state index contributed by atoms with van der Waals surface area (Å²) in [7, 11) is 0. The van der Waals surface area contributed by atoms with Crippen LogP contribution >= 0.6 is 11.8 Å². The van der Waals surface area contributed by atoms with E-state index >= 15 is 0 Å². The van der Waals surface area contributed by atoms with E-state index < -0.39 is 28.9 Å². The Hall–Kier alpha value is -1.76. The van der Waals surface area contributed by atoms with Crippen molar-refractivity contribution in [2.24, 2.45) is 0 Å². The van der Waals surface area contributed by atoms with Gasteiger partial charge in [0.15, 0.2) is 5.78 Å². The van der Waals surface area contributed by atoms with E-state index in [1.807, 2.05) is 25.7 Å². The minimum atomic E-state index is -4.72. The zero-order chi connectivity index (χ0) is 18.8. The predicted molar refractivity (Wildman–Crippen MR) is 91.4 cm³/mol. The first-order valence-corrected chi connectivity index (χ1v) is 8.72. The topological polar surface area (TPSA) is 20.3 Å². The number of ketones is 1. The lowest BCUT2D eigenvalue weighted by Gasteiger charge is -2.21. The van der Waals surface area contributed by atoms with Gasteiger partial charge < -0.3 is 4.90 Å². The van der Waals surface area contributed by atoms with Gasteiger partial charge in [0.2, 0.25) is 0 Å². The lowest BCUT2D eigenvalue weighted by molar-refractivity contribution is -0.137. The first-order chi connectivity index (χ1) is 11.6. The Kier molecular flexibility index (Phi) is 5.98. The van der Waals surface area contributed by atoms with Crippen molar-refractivity contribution in [3.8, 4) is 0 Å². The molecule has 1 heterocycles. The van der Waals surface area contributed by atoms with Gasteiger partial charge in [-0.25, -0.2) is 4.39 Å². The second-order valence-electron chi connectivity index (χ2n) is 5.78. The number of allylic oxidation sites excluding steroid dienone is 3. The number of hydrogen-bond donors (Lipinski definition) is 0. The standard InChI is InChI=1S/C18H19F4NOS/c1-4-5-8-23-11(2)12(3)25-17(23)10-16(24)14-9-13(19)6-7-15(14)18(20,21)22/h6-7,9-10H,4-5,8H2,1-3H3/b17-10-. The van der Waals surface area contributed by atoms with Crippen molar-refractivity contribution in [2.45, 2.75) is 39.8 Å². The van der Waals surface area contributed by atoms with Crippen molar-refractivity contribution in [1.82, 2.24) is 4.90 Å². The molecule has 2 rings (SSSR count). The van der Waals surface area contributed by atoms with Gasteiger partial charge in [-0.2, -0.15) is 13.2 Å². The predicted octanol–water partition coefficient (Wildman–Crippen LogP) is 5.97. The van der Waals surface area contributed by atoms with Crippen molar-refractivity contribution in [3.63, 3.8) is 0 Å². The summed E-state index contributed by atoms with van der Waals surface area (Å²) < 4.78 is 52.7. The fraction of sp³-hybridized carbons (Fsp3) is 0.389. The van der Waals surface area contributed by atoms with Crippen molar-refractivity contribution >= 4 is 17.5 Å². The van der Waals surface area contributed by atoms with Crippen LogP contribution in [0.15, 0.2) is 39.9 Å². The summed E-state index contributed by atoms with van der Waals surface area (Å²) in [4.78, 5) is 15.4. The lowest BCUT2D eigenvalue weighted by atomic mass is 10.0. The number of thioether (sulfide) groups is 1. The maximum absolute atomic E-state index is 13.4. The van der Waals surface area contributed by atoms with Crippen LogP contribution in [0.25, 0.3) is 0 Å². The third-order valence-electron chi connectivity index (χ3n) is 3.98. The summed E-state index contributed by atoms with van der Waals surface area (Å²) in [5.41, 5.74) is -0.814. The van der Waals surface area contributed by atoms with Gasteiger partial charge in [0.05, 0.1) is 10.6 Å². The molecule has 2 nitrogen and oxygen atoms in total. The zero-order valence-corrected chi connectivity index (χ0v) is 15.0. The van der Waals surface area contributed by atoms with Gasteiger partial charge in [0.1, 0.15) is 5.82 Å². The van der Waals surface area contributed by atoms with Crippen LogP contribution in [0.2, 0.25) is 0 Å². The van der Waals surface area contributed by atoms with Crippen LogP contribution in [0.5, 0.6) is 0 Å². The number of carbonyl (C=O) groups excluding carboxylic acids is 1. The number of rotatable bonds is 5. The van der Waals surface area contributed by atoms with Gasteiger partial charge in [-0.1, -0.05) is 25.1 Å². The number of nitrogens with zero attached hydrogens (tertiary/aromatic N) is 1. The van der Waals surface area contributed by atoms with Crippen LogP contribution in [0.4, 0.5) is 17.6 Å². The maximum atomic E-state index is 13.4. The SMILES string of the molecule is CCCCN1C(C)=C(C)S/C1=C\C(=O)c1cc(F)ccc1C(F)(F)F. The number of carbonyl (C=O) groups is 1. The van der Waals surface area contributed by atoms with Crippen molar-refractivity contribution in [1.29, 1.82) is 0 Å². The molecule has 0 aliphatic carbocycles. The Balaban J connectivity index is 2.39. The number of unbranched alkanes of at least 4 members (excludes halogenated alkanes) is 1. The molecule has 0 bridgehead atoms. The molecule has 0 amide bonds. The van der Waals surface area contributed by atoms with E-state index in [1.54, 1.807) is 0 Å². The van der Waals surface area contributed by atoms with E-state index in [0.717, 1.165) is 23.4 Å². The molecule has 0 spiro atoms. The monoisotopic (exact) mass is 373 g/mol. The third kappa shape index (κ3) is 4.45. The molecule has 1 aliphatic heterocycles. The summed E-state index contributed by atoms with van der Waals surface area (Å²) in [5, 5.41) is 0.575. The Morgan fingerprint density at radius 1 is 1.28 bits per heavy atom. The minimum Gasteiger partial charge on any atom is -0.339 e. The highest BCUT2D eigenvalue weighted by atomic mass is 32.2. The van der Waals surface area contributed by atoms with Crippen molar-refractivity contribution < 1.29 is 22.4 Å². The Bertz CT molecular complexity index is 737. The molecular formula is C18H19F4NOS. The van der Waals surface area contributed by atoms with E-state index in [4.69, 9.17) is 0 Å².